The lowest BCUT2D eigenvalue weighted by Crippen LogP contribution is -2.34. The molecule has 1 aliphatic heterocycles. The Morgan fingerprint density at radius 2 is 2.33 bits per heavy atom. The van der Waals surface area contributed by atoms with E-state index < -0.39 is 0 Å². The number of rotatable bonds is 3. The predicted octanol–water partition coefficient (Wildman–Crippen LogP) is 3.02. The minimum absolute atomic E-state index is 0.569. The zero-order valence-electron chi connectivity index (χ0n) is 9.52. The molecule has 0 aliphatic carbocycles. The third kappa shape index (κ3) is 2.57. The largest absolute Gasteiger partial charge is 0.295 e. The SMILES string of the molecule is CCCN1CCCC[C@H]1c1ccccn1. The molecule has 0 aromatic carbocycles. The van der Waals surface area contributed by atoms with Crippen LogP contribution in [0.1, 0.15) is 44.3 Å². The summed E-state index contributed by atoms with van der Waals surface area (Å²) < 4.78 is 0. The number of likely N-dealkylation sites (tertiary alicyclic amines) is 1. The second-order valence-electron chi connectivity index (χ2n) is 4.30. The summed E-state index contributed by atoms with van der Waals surface area (Å²) in [6.45, 7) is 4.71. The van der Waals surface area contributed by atoms with E-state index in [9.17, 15) is 0 Å². The summed E-state index contributed by atoms with van der Waals surface area (Å²) in [5.74, 6) is 0. The summed E-state index contributed by atoms with van der Waals surface area (Å²) in [6, 6.07) is 6.83. The van der Waals surface area contributed by atoms with Crippen molar-refractivity contribution >= 4 is 0 Å². The quantitative estimate of drug-likeness (QED) is 0.752. The van der Waals surface area contributed by atoms with Crippen LogP contribution in [0.5, 0.6) is 0 Å². The van der Waals surface area contributed by atoms with Crippen molar-refractivity contribution in [2.75, 3.05) is 13.1 Å². The molecule has 1 aliphatic rings. The lowest BCUT2D eigenvalue weighted by molar-refractivity contribution is 0.146. The number of pyridine rings is 1. The fraction of sp³-hybridized carbons (Fsp3) is 0.615. The van der Waals surface area contributed by atoms with Crippen molar-refractivity contribution in [2.24, 2.45) is 0 Å². The molecule has 0 bridgehead atoms. The second kappa shape index (κ2) is 5.26. The average Bonchev–Trinajstić information content (AvgIpc) is 2.31. The van der Waals surface area contributed by atoms with Gasteiger partial charge >= 0.3 is 0 Å². The average molecular weight is 204 g/mol. The van der Waals surface area contributed by atoms with Crippen molar-refractivity contribution in [3.63, 3.8) is 0 Å². The fourth-order valence-corrected chi connectivity index (χ4v) is 2.45. The molecule has 1 atom stereocenters. The van der Waals surface area contributed by atoms with Gasteiger partial charge in [0, 0.05) is 6.20 Å². The molecular formula is C13H20N2. The highest BCUT2D eigenvalue weighted by atomic mass is 15.2. The number of piperidine rings is 1. The van der Waals surface area contributed by atoms with Gasteiger partial charge in [0.05, 0.1) is 11.7 Å². The minimum Gasteiger partial charge on any atom is -0.295 e. The van der Waals surface area contributed by atoms with Gasteiger partial charge in [-0.2, -0.15) is 0 Å². The van der Waals surface area contributed by atoms with E-state index in [0.29, 0.717) is 6.04 Å². The highest BCUT2D eigenvalue weighted by Crippen LogP contribution is 2.29. The van der Waals surface area contributed by atoms with Crippen molar-refractivity contribution in [2.45, 2.75) is 38.6 Å². The molecule has 15 heavy (non-hydrogen) atoms. The third-order valence-corrected chi connectivity index (χ3v) is 3.15. The van der Waals surface area contributed by atoms with Gasteiger partial charge in [0.2, 0.25) is 0 Å². The van der Waals surface area contributed by atoms with Crippen LogP contribution in [-0.2, 0) is 0 Å². The lowest BCUT2D eigenvalue weighted by Gasteiger charge is -2.35. The van der Waals surface area contributed by atoms with Crippen LogP contribution in [0.3, 0.4) is 0 Å². The highest BCUT2D eigenvalue weighted by Gasteiger charge is 2.23. The molecular weight excluding hydrogens is 184 g/mol. The molecule has 82 valence electrons. The van der Waals surface area contributed by atoms with Gasteiger partial charge in [-0.15, -0.1) is 0 Å². The van der Waals surface area contributed by atoms with Crippen LogP contribution in [0.15, 0.2) is 24.4 Å². The summed E-state index contributed by atoms with van der Waals surface area (Å²) in [7, 11) is 0. The van der Waals surface area contributed by atoms with E-state index in [1.807, 2.05) is 12.3 Å². The van der Waals surface area contributed by atoms with Gasteiger partial charge in [-0.3, -0.25) is 9.88 Å². The standard InChI is InChI=1S/C13H20N2/c1-2-10-15-11-6-4-8-13(15)12-7-3-5-9-14-12/h3,5,7,9,13H,2,4,6,8,10-11H2,1H3/t13-/m0/s1. The van der Waals surface area contributed by atoms with E-state index in [0.717, 1.165) is 0 Å². The number of nitrogens with zero attached hydrogens (tertiary/aromatic N) is 2. The van der Waals surface area contributed by atoms with Gasteiger partial charge in [-0.05, 0) is 44.5 Å². The maximum Gasteiger partial charge on any atom is 0.0575 e. The van der Waals surface area contributed by atoms with E-state index >= 15 is 0 Å². The van der Waals surface area contributed by atoms with Gasteiger partial charge in [-0.25, -0.2) is 0 Å². The van der Waals surface area contributed by atoms with Crippen LogP contribution in [0.2, 0.25) is 0 Å². The Morgan fingerprint density at radius 3 is 3.07 bits per heavy atom. The Kier molecular flexibility index (Phi) is 3.73. The van der Waals surface area contributed by atoms with Crippen LogP contribution < -0.4 is 0 Å². The first kappa shape index (κ1) is 10.6. The van der Waals surface area contributed by atoms with E-state index in [1.54, 1.807) is 0 Å². The number of aromatic nitrogens is 1. The first-order valence-corrected chi connectivity index (χ1v) is 6.07. The Balaban J connectivity index is 2.11. The predicted molar refractivity (Wildman–Crippen MR) is 62.7 cm³/mol. The molecule has 2 rings (SSSR count). The normalized spacial score (nSPS) is 22.9. The molecule has 1 aromatic rings. The minimum atomic E-state index is 0.569. The molecule has 1 saturated heterocycles. The monoisotopic (exact) mass is 204 g/mol. The summed E-state index contributed by atoms with van der Waals surface area (Å²) in [5, 5.41) is 0. The maximum atomic E-state index is 4.49. The van der Waals surface area contributed by atoms with Crippen molar-refractivity contribution in [1.82, 2.24) is 9.88 Å². The van der Waals surface area contributed by atoms with Crippen molar-refractivity contribution in [1.29, 1.82) is 0 Å². The first-order valence-electron chi connectivity index (χ1n) is 6.07. The molecule has 2 nitrogen and oxygen atoms in total. The topological polar surface area (TPSA) is 16.1 Å². The summed E-state index contributed by atoms with van der Waals surface area (Å²) >= 11 is 0. The molecule has 0 amide bonds. The van der Waals surface area contributed by atoms with Crippen molar-refractivity contribution in [3.8, 4) is 0 Å². The zero-order valence-corrected chi connectivity index (χ0v) is 9.52. The molecule has 0 unspecified atom stereocenters. The van der Waals surface area contributed by atoms with Gasteiger partial charge < -0.3 is 0 Å². The van der Waals surface area contributed by atoms with Crippen LogP contribution in [0.25, 0.3) is 0 Å². The van der Waals surface area contributed by atoms with E-state index in [1.165, 1.54) is 44.5 Å². The molecule has 0 spiro atoms. The van der Waals surface area contributed by atoms with E-state index in [4.69, 9.17) is 0 Å². The van der Waals surface area contributed by atoms with Crippen LogP contribution in [-0.4, -0.2) is 23.0 Å². The molecule has 2 heterocycles. The van der Waals surface area contributed by atoms with Gasteiger partial charge in [0.15, 0.2) is 0 Å². The summed E-state index contributed by atoms with van der Waals surface area (Å²) in [6.07, 6.45) is 7.12. The molecule has 1 aromatic heterocycles. The van der Waals surface area contributed by atoms with Crippen molar-refractivity contribution in [3.05, 3.63) is 30.1 Å². The van der Waals surface area contributed by atoms with Crippen LogP contribution >= 0.6 is 0 Å². The van der Waals surface area contributed by atoms with E-state index in [2.05, 4.69) is 28.9 Å². The van der Waals surface area contributed by atoms with Crippen LogP contribution in [0, 0.1) is 0 Å². The van der Waals surface area contributed by atoms with E-state index in [-0.39, 0.29) is 0 Å². The lowest BCUT2D eigenvalue weighted by atomic mass is 9.98. The summed E-state index contributed by atoms with van der Waals surface area (Å²) in [4.78, 5) is 7.08. The number of hydrogen-bond acceptors (Lipinski definition) is 2. The highest BCUT2D eigenvalue weighted by molar-refractivity contribution is 5.09. The Morgan fingerprint density at radius 1 is 1.40 bits per heavy atom. The third-order valence-electron chi connectivity index (χ3n) is 3.15. The fourth-order valence-electron chi connectivity index (χ4n) is 2.45. The Labute approximate surface area is 92.3 Å². The first-order chi connectivity index (χ1) is 7.42. The molecule has 0 radical (unpaired) electrons. The van der Waals surface area contributed by atoms with Gasteiger partial charge in [0.25, 0.3) is 0 Å². The van der Waals surface area contributed by atoms with Gasteiger partial charge in [0.1, 0.15) is 0 Å². The zero-order chi connectivity index (χ0) is 10.5. The Bertz CT molecular complexity index is 282. The Hall–Kier alpha value is -0.890. The molecule has 1 fully saturated rings. The molecule has 0 N–H and O–H groups in total. The van der Waals surface area contributed by atoms with Crippen LogP contribution in [0.4, 0.5) is 0 Å². The van der Waals surface area contributed by atoms with Gasteiger partial charge in [-0.1, -0.05) is 19.4 Å². The number of hydrogen-bond donors (Lipinski definition) is 0. The van der Waals surface area contributed by atoms with Crippen molar-refractivity contribution < 1.29 is 0 Å². The summed E-state index contributed by atoms with van der Waals surface area (Å²) in [5.41, 5.74) is 1.26. The smallest absolute Gasteiger partial charge is 0.0575 e. The molecule has 2 heteroatoms. The second-order valence-corrected chi connectivity index (χ2v) is 4.30. The maximum absolute atomic E-state index is 4.49. The molecule has 0 saturated carbocycles.